The maximum absolute atomic E-state index is 12.7. The molecule has 150 valence electrons. The number of hydrogen-bond donors (Lipinski definition) is 2. The molecule has 1 heterocycles. The molecule has 30 heavy (non-hydrogen) atoms. The Hall–Kier alpha value is -4.06. The minimum atomic E-state index is -0.526. The van der Waals surface area contributed by atoms with E-state index in [4.69, 9.17) is 14.9 Å². The van der Waals surface area contributed by atoms with Gasteiger partial charge in [-0.1, -0.05) is 30.3 Å². The van der Waals surface area contributed by atoms with Crippen LogP contribution in [-0.2, 0) is 6.61 Å². The van der Waals surface area contributed by atoms with Gasteiger partial charge in [0, 0.05) is 5.56 Å². The monoisotopic (exact) mass is 400 g/mol. The molecule has 3 aromatic carbocycles. The van der Waals surface area contributed by atoms with E-state index in [0.29, 0.717) is 35.0 Å². The molecule has 0 aliphatic carbocycles. The van der Waals surface area contributed by atoms with Crippen molar-refractivity contribution in [2.24, 2.45) is 10.7 Å². The van der Waals surface area contributed by atoms with Crippen LogP contribution >= 0.6 is 0 Å². The largest absolute Gasteiger partial charge is 0.502 e. The summed E-state index contributed by atoms with van der Waals surface area (Å²) in [6.07, 6.45) is 0. The van der Waals surface area contributed by atoms with Crippen molar-refractivity contribution in [3.05, 3.63) is 88.6 Å². The van der Waals surface area contributed by atoms with Crippen LogP contribution in [0.2, 0.25) is 0 Å². The molecule has 4 rings (SSSR count). The first-order valence-corrected chi connectivity index (χ1v) is 9.39. The van der Waals surface area contributed by atoms with Crippen molar-refractivity contribution in [3.8, 4) is 22.8 Å². The summed E-state index contributed by atoms with van der Waals surface area (Å²) in [6.45, 7) is 2.10. The zero-order chi connectivity index (χ0) is 21.1. The fourth-order valence-electron chi connectivity index (χ4n) is 3.09. The highest BCUT2D eigenvalue weighted by atomic mass is 16.5. The standard InChI is InChI=1S/C24H20N2O4/c1-15(25)26-18-9-12-21-20(13-18)22(27)23(28)24(30-21)17-7-10-19(11-8-17)29-14-16-5-3-2-4-6-16/h2-13,28H,14H2,1H3,(H2,25,26). The molecule has 4 aromatic rings. The van der Waals surface area contributed by atoms with Gasteiger partial charge in [-0.3, -0.25) is 4.79 Å². The lowest BCUT2D eigenvalue weighted by Crippen LogP contribution is -2.04. The second-order valence-electron chi connectivity index (χ2n) is 6.84. The van der Waals surface area contributed by atoms with Gasteiger partial charge in [-0.25, -0.2) is 4.99 Å². The number of nitrogens with two attached hydrogens (primary N) is 1. The van der Waals surface area contributed by atoms with Crippen molar-refractivity contribution >= 4 is 22.5 Å². The lowest BCUT2D eigenvalue weighted by Gasteiger charge is -2.09. The summed E-state index contributed by atoms with van der Waals surface area (Å²) in [6, 6.07) is 21.7. The Morgan fingerprint density at radius 1 is 1.07 bits per heavy atom. The number of nitrogens with zero attached hydrogens (tertiary/aromatic N) is 1. The van der Waals surface area contributed by atoms with E-state index in [1.807, 2.05) is 30.3 Å². The number of fused-ring (bicyclic) bond motifs is 1. The highest BCUT2D eigenvalue weighted by Crippen LogP contribution is 2.32. The quantitative estimate of drug-likeness (QED) is 0.372. The number of hydrogen-bond acceptors (Lipinski definition) is 5. The van der Waals surface area contributed by atoms with Gasteiger partial charge in [0.1, 0.15) is 17.9 Å². The number of ether oxygens (including phenoxy) is 1. The molecule has 0 saturated heterocycles. The summed E-state index contributed by atoms with van der Waals surface area (Å²) in [7, 11) is 0. The number of aromatic hydroxyl groups is 1. The molecule has 0 fully saturated rings. The number of benzene rings is 3. The maximum atomic E-state index is 12.7. The van der Waals surface area contributed by atoms with Gasteiger partial charge in [-0.05, 0) is 55.0 Å². The molecule has 3 N–H and O–H groups in total. The van der Waals surface area contributed by atoms with Crippen LogP contribution in [-0.4, -0.2) is 10.9 Å². The van der Waals surface area contributed by atoms with Crippen molar-refractivity contribution in [1.29, 1.82) is 0 Å². The molecule has 0 bridgehead atoms. The van der Waals surface area contributed by atoms with Gasteiger partial charge in [0.05, 0.1) is 16.9 Å². The first kappa shape index (κ1) is 19.3. The predicted molar refractivity (Wildman–Crippen MR) is 117 cm³/mol. The summed E-state index contributed by atoms with van der Waals surface area (Å²) in [5.74, 6) is 0.693. The number of amidine groups is 1. The molecule has 0 aliphatic heterocycles. The molecular formula is C24H20N2O4. The van der Waals surface area contributed by atoms with Crippen molar-refractivity contribution < 1.29 is 14.3 Å². The predicted octanol–water partition coefficient (Wildman–Crippen LogP) is 4.75. The minimum Gasteiger partial charge on any atom is -0.502 e. The average molecular weight is 400 g/mol. The van der Waals surface area contributed by atoms with Crippen LogP contribution in [0.15, 0.2) is 87.0 Å². The van der Waals surface area contributed by atoms with E-state index in [-0.39, 0.29) is 11.1 Å². The second-order valence-corrected chi connectivity index (χ2v) is 6.84. The van der Waals surface area contributed by atoms with Gasteiger partial charge in [-0.2, -0.15) is 0 Å². The Morgan fingerprint density at radius 3 is 2.50 bits per heavy atom. The fourth-order valence-corrected chi connectivity index (χ4v) is 3.09. The topological polar surface area (TPSA) is 98.1 Å². The Kier molecular flexibility index (Phi) is 5.22. The molecule has 0 spiro atoms. The summed E-state index contributed by atoms with van der Waals surface area (Å²) in [4.78, 5) is 16.8. The van der Waals surface area contributed by atoms with E-state index < -0.39 is 11.2 Å². The van der Waals surface area contributed by atoms with Crippen LogP contribution < -0.4 is 15.9 Å². The van der Waals surface area contributed by atoms with Crippen LogP contribution in [0.5, 0.6) is 11.5 Å². The SMILES string of the molecule is CC(N)=Nc1ccc2oc(-c3ccc(OCc4ccccc4)cc3)c(O)c(=O)c2c1. The fraction of sp³-hybridized carbons (Fsp3) is 0.0833. The summed E-state index contributed by atoms with van der Waals surface area (Å²) >= 11 is 0. The van der Waals surface area contributed by atoms with Crippen molar-refractivity contribution in [2.45, 2.75) is 13.5 Å². The first-order valence-electron chi connectivity index (χ1n) is 9.39. The van der Waals surface area contributed by atoms with E-state index in [1.54, 1.807) is 49.4 Å². The van der Waals surface area contributed by atoms with Crippen LogP contribution in [0.3, 0.4) is 0 Å². The molecular weight excluding hydrogens is 380 g/mol. The maximum Gasteiger partial charge on any atom is 0.235 e. The molecule has 0 radical (unpaired) electrons. The highest BCUT2D eigenvalue weighted by molar-refractivity contribution is 5.86. The summed E-state index contributed by atoms with van der Waals surface area (Å²) in [5.41, 5.74) is 7.57. The van der Waals surface area contributed by atoms with Gasteiger partial charge in [0.2, 0.25) is 11.2 Å². The van der Waals surface area contributed by atoms with Gasteiger partial charge < -0.3 is 20.0 Å². The molecule has 0 saturated carbocycles. The third-order valence-electron chi connectivity index (χ3n) is 4.52. The highest BCUT2D eigenvalue weighted by Gasteiger charge is 2.16. The molecule has 0 atom stereocenters. The van der Waals surface area contributed by atoms with Gasteiger partial charge in [-0.15, -0.1) is 0 Å². The molecule has 0 amide bonds. The van der Waals surface area contributed by atoms with E-state index in [2.05, 4.69) is 4.99 Å². The van der Waals surface area contributed by atoms with E-state index in [1.165, 1.54) is 0 Å². The molecule has 0 unspecified atom stereocenters. The average Bonchev–Trinajstić information content (AvgIpc) is 2.76. The lowest BCUT2D eigenvalue weighted by molar-refractivity contribution is 0.306. The molecule has 6 nitrogen and oxygen atoms in total. The van der Waals surface area contributed by atoms with Gasteiger partial charge in [0.15, 0.2) is 5.76 Å². The van der Waals surface area contributed by atoms with Crippen molar-refractivity contribution in [1.82, 2.24) is 0 Å². The Balaban J connectivity index is 1.63. The van der Waals surface area contributed by atoms with E-state index >= 15 is 0 Å². The zero-order valence-electron chi connectivity index (χ0n) is 16.3. The molecule has 6 heteroatoms. The number of rotatable bonds is 5. The molecule has 0 aliphatic rings. The van der Waals surface area contributed by atoms with Crippen LogP contribution in [0, 0.1) is 0 Å². The number of aliphatic imine (C=N–C) groups is 1. The first-order chi connectivity index (χ1) is 14.5. The van der Waals surface area contributed by atoms with Crippen LogP contribution in [0.1, 0.15) is 12.5 Å². The zero-order valence-corrected chi connectivity index (χ0v) is 16.3. The van der Waals surface area contributed by atoms with Crippen molar-refractivity contribution in [2.75, 3.05) is 0 Å². The van der Waals surface area contributed by atoms with E-state index in [0.717, 1.165) is 5.56 Å². The van der Waals surface area contributed by atoms with Gasteiger partial charge >= 0.3 is 0 Å². The van der Waals surface area contributed by atoms with Crippen molar-refractivity contribution in [3.63, 3.8) is 0 Å². The minimum absolute atomic E-state index is 0.105. The van der Waals surface area contributed by atoms with Gasteiger partial charge in [0.25, 0.3) is 0 Å². The Morgan fingerprint density at radius 2 is 1.80 bits per heavy atom. The third-order valence-corrected chi connectivity index (χ3v) is 4.52. The normalized spacial score (nSPS) is 11.6. The molecule has 1 aromatic heterocycles. The summed E-state index contributed by atoms with van der Waals surface area (Å²) in [5, 5.41) is 10.7. The second kappa shape index (κ2) is 8.13. The van der Waals surface area contributed by atoms with E-state index in [9.17, 15) is 9.90 Å². The Labute approximate surface area is 172 Å². The van der Waals surface area contributed by atoms with Crippen LogP contribution in [0.25, 0.3) is 22.3 Å². The summed E-state index contributed by atoms with van der Waals surface area (Å²) < 4.78 is 11.6. The Bertz CT molecular complexity index is 1270. The smallest absolute Gasteiger partial charge is 0.235 e. The third kappa shape index (κ3) is 4.03. The lowest BCUT2D eigenvalue weighted by atomic mass is 10.1. The van der Waals surface area contributed by atoms with Crippen LogP contribution in [0.4, 0.5) is 5.69 Å².